The fraction of sp³-hybridized carbons (Fsp3) is 0.643. The fourth-order valence-electron chi connectivity index (χ4n) is 2.65. The van der Waals surface area contributed by atoms with Gasteiger partial charge in [0.25, 0.3) is 0 Å². The van der Waals surface area contributed by atoms with Gasteiger partial charge < -0.3 is 5.32 Å². The molecule has 2 rings (SSSR count). The Kier molecular flexibility index (Phi) is 4.89. The number of thioether (sulfide) groups is 1. The highest BCUT2D eigenvalue weighted by Crippen LogP contribution is 2.37. The molecule has 0 aliphatic heterocycles. The van der Waals surface area contributed by atoms with Crippen LogP contribution in [0.5, 0.6) is 0 Å². The molecule has 0 radical (unpaired) electrons. The van der Waals surface area contributed by atoms with Crippen molar-refractivity contribution in [1.82, 2.24) is 15.1 Å². The zero-order valence-electron chi connectivity index (χ0n) is 11.2. The van der Waals surface area contributed by atoms with Gasteiger partial charge in [-0.3, -0.25) is 0 Å². The molecular weight excluding hydrogens is 242 g/mol. The highest BCUT2D eigenvalue weighted by Gasteiger charge is 2.30. The lowest BCUT2D eigenvalue weighted by Gasteiger charge is -2.36. The van der Waals surface area contributed by atoms with E-state index in [4.69, 9.17) is 0 Å². The van der Waals surface area contributed by atoms with Crippen LogP contribution >= 0.6 is 11.8 Å². The van der Waals surface area contributed by atoms with E-state index in [9.17, 15) is 0 Å². The number of rotatable bonds is 6. The molecule has 0 bridgehead atoms. The van der Waals surface area contributed by atoms with Gasteiger partial charge in [-0.05, 0) is 19.1 Å². The molecule has 0 unspecified atom stereocenters. The molecule has 1 N–H and O–H groups in total. The fourth-order valence-corrected chi connectivity index (χ4v) is 3.60. The average Bonchev–Trinajstić information content (AvgIpc) is 2.88. The van der Waals surface area contributed by atoms with E-state index in [1.54, 1.807) is 10.9 Å². The summed E-state index contributed by atoms with van der Waals surface area (Å²) in [5.41, 5.74) is 1.22. The van der Waals surface area contributed by atoms with Crippen LogP contribution in [0.25, 0.3) is 6.20 Å². The summed E-state index contributed by atoms with van der Waals surface area (Å²) < 4.78 is 2.22. The molecule has 0 atom stereocenters. The second-order valence-electron chi connectivity index (χ2n) is 5.06. The van der Waals surface area contributed by atoms with Crippen molar-refractivity contribution in [3.05, 3.63) is 24.5 Å². The molecule has 1 aromatic heterocycles. The van der Waals surface area contributed by atoms with E-state index in [-0.39, 0.29) is 0 Å². The van der Waals surface area contributed by atoms with Gasteiger partial charge in [-0.15, -0.1) is 0 Å². The van der Waals surface area contributed by atoms with Crippen molar-refractivity contribution in [3.63, 3.8) is 0 Å². The highest BCUT2D eigenvalue weighted by atomic mass is 32.2. The molecule has 1 aliphatic rings. The van der Waals surface area contributed by atoms with Crippen LogP contribution in [0, 0.1) is 0 Å². The van der Waals surface area contributed by atoms with Crippen molar-refractivity contribution >= 4 is 18.0 Å². The summed E-state index contributed by atoms with van der Waals surface area (Å²) in [4.78, 5) is 0. The largest absolute Gasteiger partial charge is 0.311 e. The van der Waals surface area contributed by atoms with Gasteiger partial charge in [0.2, 0.25) is 0 Å². The van der Waals surface area contributed by atoms with Crippen molar-refractivity contribution in [1.29, 1.82) is 0 Å². The zero-order valence-corrected chi connectivity index (χ0v) is 12.0. The number of nitrogens with one attached hydrogen (secondary N) is 1. The first-order valence-electron chi connectivity index (χ1n) is 6.69. The molecule has 1 saturated carbocycles. The third-order valence-corrected chi connectivity index (χ3v) is 5.23. The minimum atomic E-state index is 0.465. The van der Waals surface area contributed by atoms with Gasteiger partial charge in [-0.2, -0.15) is 16.9 Å². The van der Waals surface area contributed by atoms with Gasteiger partial charge in [0, 0.05) is 35.8 Å². The van der Waals surface area contributed by atoms with Gasteiger partial charge in [-0.25, -0.2) is 4.68 Å². The van der Waals surface area contributed by atoms with Gasteiger partial charge >= 0.3 is 0 Å². The lowest BCUT2D eigenvalue weighted by Crippen LogP contribution is -2.39. The smallest absolute Gasteiger partial charge is 0.0538 e. The molecule has 0 aromatic carbocycles. The predicted molar refractivity (Wildman–Crippen MR) is 79.7 cm³/mol. The quantitative estimate of drug-likeness (QED) is 0.857. The number of nitrogens with zero attached hydrogens (tertiary/aromatic N) is 2. The van der Waals surface area contributed by atoms with Crippen LogP contribution in [0.15, 0.2) is 19.0 Å². The summed E-state index contributed by atoms with van der Waals surface area (Å²) in [6.07, 6.45) is 14.8. The molecule has 18 heavy (non-hydrogen) atoms. The third kappa shape index (κ3) is 3.39. The normalized spacial score (nSPS) is 18.7. The second-order valence-corrected chi connectivity index (χ2v) is 6.34. The average molecular weight is 265 g/mol. The standard InChI is InChI=1S/C14H23N3S/c1-3-17-11-13(10-16-17)9-15-12-14(18-2)7-5-4-6-8-14/h3,10-11,15H,1,4-9,12H2,2H3. The maximum Gasteiger partial charge on any atom is 0.0538 e. The number of hydrogen-bond acceptors (Lipinski definition) is 3. The minimum Gasteiger partial charge on any atom is -0.311 e. The van der Waals surface area contributed by atoms with E-state index >= 15 is 0 Å². The molecule has 1 aromatic rings. The van der Waals surface area contributed by atoms with Crippen LogP contribution in [0.4, 0.5) is 0 Å². The molecule has 0 spiro atoms. The van der Waals surface area contributed by atoms with Crippen molar-refractivity contribution < 1.29 is 0 Å². The Balaban J connectivity index is 1.81. The van der Waals surface area contributed by atoms with Crippen molar-refractivity contribution in [2.75, 3.05) is 12.8 Å². The van der Waals surface area contributed by atoms with E-state index in [0.29, 0.717) is 4.75 Å². The van der Waals surface area contributed by atoms with Crippen LogP contribution < -0.4 is 5.32 Å². The van der Waals surface area contributed by atoms with Gasteiger partial charge in [0.05, 0.1) is 6.20 Å². The molecule has 0 amide bonds. The second kappa shape index (κ2) is 6.43. The van der Waals surface area contributed by atoms with Crippen LogP contribution in [-0.4, -0.2) is 27.3 Å². The van der Waals surface area contributed by atoms with E-state index in [1.165, 1.54) is 37.7 Å². The summed E-state index contributed by atoms with van der Waals surface area (Å²) in [6, 6.07) is 0. The summed E-state index contributed by atoms with van der Waals surface area (Å²) in [7, 11) is 0. The summed E-state index contributed by atoms with van der Waals surface area (Å²) in [5.74, 6) is 0. The molecule has 1 aliphatic carbocycles. The molecule has 3 nitrogen and oxygen atoms in total. The first-order valence-corrected chi connectivity index (χ1v) is 7.92. The van der Waals surface area contributed by atoms with Crippen LogP contribution in [0.2, 0.25) is 0 Å². The Morgan fingerprint density at radius 1 is 1.50 bits per heavy atom. The van der Waals surface area contributed by atoms with Gasteiger partial charge in [-0.1, -0.05) is 25.8 Å². The summed E-state index contributed by atoms with van der Waals surface area (Å²) in [6.45, 7) is 5.70. The molecule has 1 heterocycles. The first-order chi connectivity index (χ1) is 8.78. The van der Waals surface area contributed by atoms with Gasteiger partial charge in [0.15, 0.2) is 0 Å². The van der Waals surface area contributed by atoms with E-state index < -0.39 is 0 Å². The van der Waals surface area contributed by atoms with Gasteiger partial charge in [0.1, 0.15) is 0 Å². The molecule has 4 heteroatoms. The predicted octanol–water partition coefficient (Wildman–Crippen LogP) is 3.14. The van der Waals surface area contributed by atoms with Crippen LogP contribution in [0.3, 0.4) is 0 Å². The Labute approximate surface area is 114 Å². The molecular formula is C14H23N3S. The van der Waals surface area contributed by atoms with E-state index in [1.807, 2.05) is 24.2 Å². The SMILES string of the molecule is C=Cn1cc(CNCC2(SC)CCCCC2)cn1. The van der Waals surface area contributed by atoms with Crippen molar-refractivity contribution in [2.45, 2.75) is 43.4 Å². The topological polar surface area (TPSA) is 29.9 Å². The third-order valence-electron chi connectivity index (χ3n) is 3.82. The Morgan fingerprint density at radius 3 is 2.89 bits per heavy atom. The lowest BCUT2D eigenvalue weighted by molar-refractivity contribution is 0.379. The van der Waals surface area contributed by atoms with E-state index in [2.05, 4.69) is 23.3 Å². The first kappa shape index (κ1) is 13.7. The maximum atomic E-state index is 4.19. The van der Waals surface area contributed by atoms with Crippen LogP contribution in [-0.2, 0) is 6.54 Å². The summed E-state index contributed by atoms with van der Waals surface area (Å²) >= 11 is 2.04. The molecule has 0 saturated heterocycles. The van der Waals surface area contributed by atoms with E-state index in [0.717, 1.165) is 13.1 Å². The Hall–Kier alpha value is -0.740. The number of aromatic nitrogens is 2. The molecule has 1 fully saturated rings. The Bertz CT molecular complexity index is 380. The molecule has 100 valence electrons. The lowest BCUT2D eigenvalue weighted by atomic mass is 9.88. The van der Waals surface area contributed by atoms with Crippen molar-refractivity contribution in [2.24, 2.45) is 0 Å². The van der Waals surface area contributed by atoms with Crippen LogP contribution in [0.1, 0.15) is 37.7 Å². The number of hydrogen-bond donors (Lipinski definition) is 1. The minimum absolute atomic E-state index is 0.465. The zero-order chi connectivity index (χ0) is 12.8. The Morgan fingerprint density at radius 2 is 2.28 bits per heavy atom. The highest BCUT2D eigenvalue weighted by molar-refractivity contribution is 8.00. The summed E-state index contributed by atoms with van der Waals surface area (Å²) in [5, 5.41) is 7.78. The van der Waals surface area contributed by atoms with Crippen molar-refractivity contribution in [3.8, 4) is 0 Å². The maximum absolute atomic E-state index is 4.19. The monoisotopic (exact) mass is 265 g/mol.